The summed E-state index contributed by atoms with van der Waals surface area (Å²) in [6.07, 6.45) is 14.2. The molecule has 1 rings (SSSR count). The van der Waals surface area contributed by atoms with Crippen LogP contribution >= 0.6 is 0 Å². The zero-order chi connectivity index (χ0) is 20.4. The molecule has 0 saturated carbocycles. The molecule has 1 aliphatic heterocycles. The molecule has 0 radical (unpaired) electrons. The van der Waals surface area contributed by atoms with Crippen molar-refractivity contribution in [3.8, 4) is 0 Å². The van der Waals surface area contributed by atoms with Gasteiger partial charge in [-0.15, -0.1) is 0 Å². The van der Waals surface area contributed by atoms with E-state index in [1.807, 2.05) is 0 Å². The van der Waals surface area contributed by atoms with Gasteiger partial charge in [0.05, 0.1) is 18.3 Å². The summed E-state index contributed by atoms with van der Waals surface area (Å²) >= 11 is 0. The molecule has 0 aromatic rings. The van der Waals surface area contributed by atoms with E-state index in [-0.39, 0.29) is 17.3 Å². The molecule has 162 valence electrons. The van der Waals surface area contributed by atoms with Gasteiger partial charge in [-0.25, -0.2) is 0 Å². The molecule has 2 unspecified atom stereocenters. The fourth-order valence-electron chi connectivity index (χ4n) is 4.75. The summed E-state index contributed by atoms with van der Waals surface area (Å²) in [5.41, 5.74) is -0.671. The monoisotopic (exact) mass is 384 g/mol. The van der Waals surface area contributed by atoms with Crippen molar-refractivity contribution >= 4 is 0 Å². The molecule has 0 aromatic heterocycles. The number of hydrogen-bond donors (Lipinski definition) is 0. The predicted molar refractivity (Wildman–Crippen MR) is 115 cm³/mol. The van der Waals surface area contributed by atoms with E-state index < -0.39 is 5.79 Å². The Balaban J connectivity index is 2.63. The average Bonchev–Trinajstić information content (AvgIpc) is 2.66. The van der Waals surface area contributed by atoms with Crippen LogP contribution in [0.3, 0.4) is 0 Å². The number of ether oxygens (including phenoxy) is 3. The van der Waals surface area contributed by atoms with E-state index in [0.29, 0.717) is 0 Å². The largest absolute Gasteiger partial charge is 0.363 e. The van der Waals surface area contributed by atoms with Crippen LogP contribution in [-0.2, 0) is 14.2 Å². The molecule has 0 aromatic carbocycles. The normalized spacial score (nSPS) is 27.0. The van der Waals surface area contributed by atoms with Crippen LogP contribution in [0.5, 0.6) is 0 Å². The molecule has 1 aliphatic rings. The lowest BCUT2D eigenvalue weighted by Gasteiger charge is -2.59. The van der Waals surface area contributed by atoms with Gasteiger partial charge in [-0.1, -0.05) is 79.6 Å². The van der Waals surface area contributed by atoms with Crippen LogP contribution in [0.2, 0.25) is 0 Å². The Kier molecular flexibility index (Phi) is 10.9. The van der Waals surface area contributed by atoms with Crippen molar-refractivity contribution in [2.75, 3.05) is 6.61 Å². The molecule has 0 spiro atoms. The van der Waals surface area contributed by atoms with E-state index in [1.165, 1.54) is 44.9 Å². The molecule has 1 heterocycles. The first-order valence-electron chi connectivity index (χ1n) is 11.9. The lowest BCUT2D eigenvalue weighted by atomic mass is 9.80. The third kappa shape index (κ3) is 6.18. The first-order valence-corrected chi connectivity index (χ1v) is 11.9. The van der Waals surface area contributed by atoms with Crippen LogP contribution < -0.4 is 0 Å². The standard InChI is InChI=1S/C24H48O3/c1-8-13-14-15-16-17-18-19-20-25-24(12-5)23(10-3,11-4)26-21(9-2)22(6,7)27-24/h21H,8-20H2,1-7H3. The molecule has 0 bridgehead atoms. The van der Waals surface area contributed by atoms with Gasteiger partial charge in [-0.2, -0.15) is 0 Å². The Hall–Kier alpha value is -0.120. The summed E-state index contributed by atoms with van der Waals surface area (Å²) in [6.45, 7) is 16.1. The van der Waals surface area contributed by atoms with E-state index in [2.05, 4.69) is 48.5 Å². The Morgan fingerprint density at radius 1 is 0.741 bits per heavy atom. The fourth-order valence-corrected chi connectivity index (χ4v) is 4.75. The van der Waals surface area contributed by atoms with Gasteiger partial charge >= 0.3 is 0 Å². The maximum atomic E-state index is 6.74. The van der Waals surface area contributed by atoms with Crippen molar-refractivity contribution < 1.29 is 14.2 Å². The third-order valence-electron chi connectivity index (χ3n) is 6.58. The van der Waals surface area contributed by atoms with E-state index in [1.54, 1.807) is 0 Å². The molecule has 2 atom stereocenters. The van der Waals surface area contributed by atoms with Crippen molar-refractivity contribution in [2.24, 2.45) is 0 Å². The Bertz CT molecular complexity index is 389. The van der Waals surface area contributed by atoms with Crippen molar-refractivity contribution in [3.63, 3.8) is 0 Å². The first kappa shape index (κ1) is 24.9. The number of rotatable bonds is 14. The molecule has 3 heteroatoms. The highest BCUT2D eigenvalue weighted by Gasteiger charge is 2.60. The lowest BCUT2D eigenvalue weighted by molar-refractivity contribution is -0.427. The summed E-state index contributed by atoms with van der Waals surface area (Å²) in [5, 5.41) is 0. The molecule has 0 N–H and O–H groups in total. The highest BCUT2D eigenvalue weighted by molar-refractivity contribution is 5.03. The topological polar surface area (TPSA) is 27.7 Å². The van der Waals surface area contributed by atoms with Crippen LogP contribution in [0, 0.1) is 0 Å². The van der Waals surface area contributed by atoms with Crippen LogP contribution in [0.15, 0.2) is 0 Å². The van der Waals surface area contributed by atoms with Gasteiger partial charge in [-0.3, -0.25) is 0 Å². The highest BCUT2D eigenvalue weighted by Crippen LogP contribution is 2.49. The molecule has 27 heavy (non-hydrogen) atoms. The van der Waals surface area contributed by atoms with Crippen molar-refractivity contribution in [1.82, 2.24) is 0 Å². The molecule has 0 amide bonds. The second-order valence-electron chi connectivity index (χ2n) is 8.85. The average molecular weight is 385 g/mol. The van der Waals surface area contributed by atoms with Gasteiger partial charge < -0.3 is 14.2 Å². The Labute approximate surface area is 169 Å². The zero-order valence-corrected chi connectivity index (χ0v) is 19.5. The molecule has 3 nitrogen and oxygen atoms in total. The second-order valence-corrected chi connectivity index (χ2v) is 8.85. The van der Waals surface area contributed by atoms with Gasteiger partial charge in [0.25, 0.3) is 0 Å². The van der Waals surface area contributed by atoms with Crippen LogP contribution in [0.25, 0.3) is 0 Å². The summed E-state index contributed by atoms with van der Waals surface area (Å²) in [5.74, 6) is -0.632. The van der Waals surface area contributed by atoms with Crippen LogP contribution in [0.1, 0.15) is 126 Å². The zero-order valence-electron chi connectivity index (χ0n) is 19.5. The van der Waals surface area contributed by atoms with Crippen molar-refractivity contribution in [1.29, 1.82) is 0 Å². The second kappa shape index (κ2) is 11.8. The van der Waals surface area contributed by atoms with Gasteiger partial charge in [0.2, 0.25) is 0 Å². The lowest BCUT2D eigenvalue weighted by Crippen LogP contribution is -2.69. The smallest absolute Gasteiger partial charge is 0.197 e. The predicted octanol–water partition coefficient (Wildman–Crippen LogP) is 7.41. The highest BCUT2D eigenvalue weighted by atomic mass is 16.8. The molecular weight excluding hydrogens is 336 g/mol. The van der Waals surface area contributed by atoms with E-state index in [4.69, 9.17) is 14.2 Å². The summed E-state index contributed by atoms with van der Waals surface area (Å²) in [6, 6.07) is 0. The third-order valence-corrected chi connectivity index (χ3v) is 6.58. The van der Waals surface area contributed by atoms with Gasteiger partial charge in [0.15, 0.2) is 5.79 Å². The maximum absolute atomic E-state index is 6.74. The summed E-state index contributed by atoms with van der Waals surface area (Å²) in [4.78, 5) is 0. The molecular formula is C24H48O3. The summed E-state index contributed by atoms with van der Waals surface area (Å²) in [7, 11) is 0. The minimum Gasteiger partial charge on any atom is -0.363 e. The number of unbranched alkanes of at least 4 members (excludes halogenated alkanes) is 7. The minimum absolute atomic E-state index is 0.115. The van der Waals surface area contributed by atoms with Crippen LogP contribution in [0.4, 0.5) is 0 Å². The van der Waals surface area contributed by atoms with Gasteiger partial charge in [-0.05, 0) is 39.5 Å². The fraction of sp³-hybridized carbons (Fsp3) is 1.00. The molecule has 1 saturated heterocycles. The number of hydrogen-bond acceptors (Lipinski definition) is 3. The first-order chi connectivity index (χ1) is 12.9. The molecule has 1 fully saturated rings. The maximum Gasteiger partial charge on any atom is 0.197 e. The van der Waals surface area contributed by atoms with Crippen LogP contribution in [-0.4, -0.2) is 29.7 Å². The van der Waals surface area contributed by atoms with E-state index in [9.17, 15) is 0 Å². The Morgan fingerprint density at radius 3 is 1.78 bits per heavy atom. The summed E-state index contributed by atoms with van der Waals surface area (Å²) < 4.78 is 20.0. The quantitative estimate of drug-likeness (QED) is 0.292. The van der Waals surface area contributed by atoms with Crippen molar-refractivity contribution in [2.45, 2.75) is 149 Å². The van der Waals surface area contributed by atoms with Gasteiger partial charge in [0.1, 0.15) is 5.60 Å². The van der Waals surface area contributed by atoms with Crippen molar-refractivity contribution in [3.05, 3.63) is 0 Å². The molecule has 0 aliphatic carbocycles. The SMILES string of the molecule is CCCCCCCCCCOC1(CC)OC(C)(C)C(CC)OC1(CC)CC. The van der Waals surface area contributed by atoms with Gasteiger partial charge in [0, 0.05) is 6.42 Å². The Morgan fingerprint density at radius 2 is 1.30 bits per heavy atom. The van der Waals surface area contributed by atoms with E-state index >= 15 is 0 Å². The minimum atomic E-state index is -0.632. The van der Waals surface area contributed by atoms with E-state index in [0.717, 1.165) is 38.7 Å².